The second-order valence-corrected chi connectivity index (χ2v) is 4.25. The van der Waals surface area contributed by atoms with E-state index in [1.807, 2.05) is 0 Å². The number of carbonyl (C=O) groups is 1. The van der Waals surface area contributed by atoms with E-state index >= 15 is 0 Å². The van der Waals surface area contributed by atoms with Crippen LogP contribution in [-0.4, -0.2) is 23.7 Å². The molecule has 6 heteroatoms. The summed E-state index contributed by atoms with van der Waals surface area (Å²) in [7, 11) is 0. The normalized spacial score (nSPS) is 24.2. The number of alkyl halides is 3. The zero-order valence-electron chi connectivity index (χ0n) is 9.37. The molecule has 0 amide bonds. The van der Waals surface area contributed by atoms with Gasteiger partial charge in [0.1, 0.15) is 6.04 Å². The lowest BCUT2D eigenvalue weighted by Crippen LogP contribution is -2.35. The van der Waals surface area contributed by atoms with Crippen LogP contribution in [0.25, 0.3) is 0 Å². The Bertz CT molecular complexity index is 459. The number of aliphatic carboxylic acids is 1. The molecule has 1 aliphatic rings. The number of nitrogens with one attached hydrogen (secondary N) is 1. The number of carboxylic acid groups (broad SMARTS) is 1. The smallest absolute Gasteiger partial charge is 0.416 e. The van der Waals surface area contributed by atoms with Crippen molar-refractivity contribution in [3.05, 3.63) is 35.4 Å². The van der Waals surface area contributed by atoms with E-state index in [0.717, 1.165) is 6.07 Å². The molecule has 98 valence electrons. The zero-order valence-corrected chi connectivity index (χ0v) is 9.37. The summed E-state index contributed by atoms with van der Waals surface area (Å²) in [5.74, 6) is -1.75. The van der Waals surface area contributed by atoms with Crippen molar-refractivity contribution in [2.24, 2.45) is 0 Å². The van der Waals surface area contributed by atoms with Crippen molar-refractivity contribution in [2.45, 2.75) is 24.6 Å². The Morgan fingerprint density at radius 3 is 2.61 bits per heavy atom. The second kappa shape index (κ2) is 4.61. The summed E-state index contributed by atoms with van der Waals surface area (Å²) in [6.45, 7) is 0.411. The van der Waals surface area contributed by atoms with Gasteiger partial charge in [0.15, 0.2) is 0 Å². The fourth-order valence-corrected chi connectivity index (χ4v) is 2.38. The van der Waals surface area contributed by atoms with Crippen molar-refractivity contribution in [1.82, 2.24) is 5.32 Å². The molecule has 18 heavy (non-hydrogen) atoms. The van der Waals surface area contributed by atoms with Crippen molar-refractivity contribution in [3.63, 3.8) is 0 Å². The SMILES string of the molecule is O=C(O)[C@@H]1NCC[C@H]1c1ccccc1C(F)(F)F. The van der Waals surface area contributed by atoms with Crippen LogP contribution in [0.5, 0.6) is 0 Å². The van der Waals surface area contributed by atoms with Gasteiger partial charge in [-0.15, -0.1) is 0 Å². The molecule has 0 bridgehead atoms. The Balaban J connectivity index is 2.42. The maximum atomic E-state index is 12.9. The molecule has 2 rings (SSSR count). The molecule has 2 atom stereocenters. The third kappa shape index (κ3) is 2.33. The molecule has 0 radical (unpaired) electrons. The molecule has 1 aromatic carbocycles. The molecule has 0 saturated carbocycles. The van der Waals surface area contributed by atoms with Crippen LogP contribution in [0.3, 0.4) is 0 Å². The first kappa shape index (κ1) is 12.9. The topological polar surface area (TPSA) is 49.3 Å². The molecule has 1 saturated heterocycles. The van der Waals surface area contributed by atoms with Gasteiger partial charge < -0.3 is 10.4 Å². The maximum absolute atomic E-state index is 12.9. The average molecular weight is 259 g/mol. The van der Waals surface area contributed by atoms with E-state index in [1.165, 1.54) is 18.2 Å². The van der Waals surface area contributed by atoms with Crippen molar-refractivity contribution >= 4 is 5.97 Å². The fraction of sp³-hybridized carbons (Fsp3) is 0.417. The Hall–Kier alpha value is -1.56. The zero-order chi connectivity index (χ0) is 13.3. The minimum Gasteiger partial charge on any atom is -0.480 e. The quantitative estimate of drug-likeness (QED) is 0.856. The van der Waals surface area contributed by atoms with Crippen molar-refractivity contribution in [1.29, 1.82) is 0 Å². The lowest BCUT2D eigenvalue weighted by atomic mass is 9.88. The van der Waals surface area contributed by atoms with Crippen LogP contribution in [0.15, 0.2) is 24.3 Å². The van der Waals surface area contributed by atoms with Gasteiger partial charge in [-0.1, -0.05) is 18.2 Å². The van der Waals surface area contributed by atoms with Crippen LogP contribution in [0, 0.1) is 0 Å². The van der Waals surface area contributed by atoms with Gasteiger partial charge in [0.2, 0.25) is 0 Å². The molecule has 2 N–H and O–H groups in total. The van der Waals surface area contributed by atoms with Crippen LogP contribution >= 0.6 is 0 Å². The number of hydrogen-bond acceptors (Lipinski definition) is 2. The van der Waals surface area contributed by atoms with E-state index in [9.17, 15) is 18.0 Å². The van der Waals surface area contributed by atoms with E-state index in [4.69, 9.17) is 5.11 Å². The van der Waals surface area contributed by atoms with Crippen LogP contribution in [0.4, 0.5) is 13.2 Å². The molecule has 0 aliphatic carbocycles. The standard InChI is InChI=1S/C12H12F3NO2/c13-12(14,15)9-4-2-1-3-7(9)8-5-6-16-10(8)11(17)18/h1-4,8,10,16H,5-6H2,(H,17,18)/t8-,10+/m0/s1. The minimum atomic E-state index is -4.46. The van der Waals surface area contributed by atoms with Gasteiger partial charge in [0.05, 0.1) is 5.56 Å². The highest BCUT2D eigenvalue weighted by Crippen LogP contribution is 2.38. The summed E-state index contributed by atoms with van der Waals surface area (Å²) in [4.78, 5) is 11.0. The first-order chi connectivity index (χ1) is 8.41. The number of carboxylic acids is 1. The Morgan fingerprint density at radius 2 is 2.00 bits per heavy atom. The van der Waals surface area contributed by atoms with Gasteiger partial charge in [0, 0.05) is 5.92 Å². The third-order valence-electron chi connectivity index (χ3n) is 3.15. The molecule has 1 fully saturated rings. The molecule has 0 spiro atoms. The van der Waals surface area contributed by atoms with Crippen LogP contribution in [0.2, 0.25) is 0 Å². The minimum absolute atomic E-state index is 0.0578. The van der Waals surface area contributed by atoms with Crippen LogP contribution < -0.4 is 5.32 Å². The molecule has 0 unspecified atom stereocenters. The summed E-state index contributed by atoms with van der Waals surface area (Å²) in [6, 6.07) is 4.21. The molecule has 1 heterocycles. The largest absolute Gasteiger partial charge is 0.480 e. The molecule has 3 nitrogen and oxygen atoms in total. The fourth-order valence-electron chi connectivity index (χ4n) is 2.38. The molecular formula is C12H12F3NO2. The van der Waals surface area contributed by atoms with E-state index in [0.29, 0.717) is 13.0 Å². The van der Waals surface area contributed by atoms with Crippen molar-refractivity contribution < 1.29 is 23.1 Å². The highest BCUT2D eigenvalue weighted by atomic mass is 19.4. The molecule has 1 aromatic rings. The number of rotatable bonds is 2. The van der Waals surface area contributed by atoms with E-state index in [1.54, 1.807) is 0 Å². The molecule has 0 aromatic heterocycles. The van der Waals surface area contributed by atoms with Gasteiger partial charge in [-0.05, 0) is 24.6 Å². The monoisotopic (exact) mass is 259 g/mol. The predicted octanol–water partition coefficient (Wildman–Crippen LogP) is 2.24. The lowest BCUT2D eigenvalue weighted by Gasteiger charge is -2.20. The maximum Gasteiger partial charge on any atom is 0.416 e. The Labute approximate surface area is 102 Å². The van der Waals surface area contributed by atoms with Gasteiger partial charge in [-0.25, -0.2) is 0 Å². The summed E-state index contributed by atoms with van der Waals surface area (Å²) in [5.41, 5.74) is -0.688. The van der Waals surface area contributed by atoms with Gasteiger partial charge in [-0.3, -0.25) is 4.79 Å². The Morgan fingerprint density at radius 1 is 1.33 bits per heavy atom. The molecule has 1 aliphatic heterocycles. The summed E-state index contributed by atoms with van der Waals surface area (Å²) >= 11 is 0. The number of hydrogen-bond donors (Lipinski definition) is 2. The molecular weight excluding hydrogens is 247 g/mol. The van der Waals surface area contributed by atoms with Gasteiger partial charge in [-0.2, -0.15) is 13.2 Å². The third-order valence-corrected chi connectivity index (χ3v) is 3.15. The first-order valence-electron chi connectivity index (χ1n) is 5.53. The summed E-state index contributed by atoms with van der Waals surface area (Å²) in [6.07, 6.45) is -4.06. The summed E-state index contributed by atoms with van der Waals surface area (Å²) < 4.78 is 38.6. The first-order valence-corrected chi connectivity index (χ1v) is 5.53. The summed E-state index contributed by atoms with van der Waals surface area (Å²) in [5, 5.41) is 11.7. The van der Waals surface area contributed by atoms with Gasteiger partial charge in [0.25, 0.3) is 0 Å². The number of benzene rings is 1. The van der Waals surface area contributed by atoms with E-state index in [2.05, 4.69) is 5.32 Å². The highest BCUT2D eigenvalue weighted by molar-refractivity contribution is 5.75. The van der Waals surface area contributed by atoms with Crippen molar-refractivity contribution in [2.75, 3.05) is 6.54 Å². The average Bonchev–Trinajstić information content (AvgIpc) is 2.76. The van der Waals surface area contributed by atoms with Crippen LogP contribution in [-0.2, 0) is 11.0 Å². The predicted molar refractivity (Wildman–Crippen MR) is 58.2 cm³/mol. The van der Waals surface area contributed by atoms with E-state index < -0.39 is 29.7 Å². The highest BCUT2D eigenvalue weighted by Gasteiger charge is 2.40. The van der Waals surface area contributed by atoms with Crippen LogP contribution in [0.1, 0.15) is 23.5 Å². The van der Waals surface area contributed by atoms with Gasteiger partial charge >= 0.3 is 12.1 Å². The van der Waals surface area contributed by atoms with E-state index in [-0.39, 0.29) is 5.56 Å². The lowest BCUT2D eigenvalue weighted by molar-refractivity contribution is -0.141. The number of halogens is 3. The second-order valence-electron chi connectivity index (χ2n) is 4.25. The Kier molecular flexibility index (Phi) is 3.30. The van der Waals surface area contributed by atoms with Crippen molar-refractivity contribution in [3.8, 4) is 0 Å².